The summed E-state index contributed by atoms with van der Waals surface area (Å²) in [4.78, 5) is 4.11. The van der Waals surface area contributed by atoms with Gasteiger partial charge in [0, 0.05) is 6.54 Å². The molecule has 54 valence electrons. The van der Waals surface area contributed by atoms with Crippen LogP contribution in [0.5, 0.6) is 0 Å². The number of hydrogen-bond acceptors (Lipinski definition) is 2. The monoisotopic (exact) mass is 137 g/mol. The lowest BCUT2D eigenvalue weighted by molar-refractivity contribution is 0.560. The fourth-order valence-electron chi connectivity index (χ4n) is 0.648. The maximum atomic E-state index is 5.03. The highest BCUT2D eigenvalue weighted by Crippen LogP contribution is 1.94. The van der Waals surface area contributed by atoms with E-state index in [1.54, 1.807) is 12.5 Å². The van der Waals surface area contributed by atoms with Crippen molar-refractivity contribution >= 4 is 6.21 Å². The van der Waals surface area contributed by atoms with Crippen LogP contribution in [-0.2, 0) is 0 Å². The van der Waals surface area contributed by atoms with Gasteiger partial charge in [-0.05, 0) is 18.6 Å². The number of hydrogen-bond donors (Lipinski definition) is 0. The van der Waals surface area contributed by atoms with Gasteiger partial charge in [-0.1, -0.05) is 6.92 Å². The van der Waals surface area contributed by atoms with E-state index in [0.29, 0.717) is 0 Å². The highest BCUT2D eigenvalue weighted by Gasteiger charge is 1.85. The molecule has 2 nitrogen and oxygen atoms in total. The molecule has 0 amide bonds. The average Bonchev–Trinajstić information content (AvgIpc) is 2.41. The molecule has 10 heavy (non-hydrogen) atoms. The maximum Gasteiger partial charge on any atom is 0.144 e. The third kappa shape index (κ3) is 2.05. The molecule has 0 aromatic carbocycles. The number of furan rings is 1. The van der Waals surface area contributed by atoms with E-state index in [4.69, 9.17) is 4.42 Å². The third-order valence-corrected chi connectivity index (χ3v) is 1.11. The smallest absolute Gasteiger partial charge is 0.144 e. The van der Waals surface area contributed by atoms with Gasteiger partial charge in [-0.2, -0.15) is 0 Å². The molecule has 1 aromatic rings. The highest BCUT2D eigenvalue weighted by molar-refractivity contribution is 5.75. The Balaban J connectivity index is 2.40. The second-order valence-corrected chi connectivity index (χ2v) is 2.05. The molecule has 0 bridgehead atoms. The van der Waals surface area contributed by atoms with Crippen molar-refractivity contribution in [1.29, 1.82) is 0 Å². The van der Waals surface area contributed by atoms with Gasteiger partial charge in [0.05, 0.1) is 12.5 Å². The van der Waals surface area contributed by atoms with Gasteiger partial charge in [-0.25, -0.2) is 0 Å². The number of nitrogens with zero attached hydrogens (tertiary/aromatic N) is 1. The normalized spacial score (nSPS) is 10.9. The Kier molecular flexibility index (Phi) is 2.74. The molecular weight excluding hydrogens is 126 g/mol. The second kappa shape index (κ2) is 3.88. The number of rotatable bonds is 3. The van der Waals surface area contributed by atoms with E-state index < -0.39 is 0 Å². The van der Waals surface area contributed by atoms with Gasteiger partial charge in [0.1, 0.15) is 5.76 Å². The van der Waals surface area contributed by atoms with Crippen molar-refractivity contribution in [3.63, 3.8) is 0 Å². The Labute approximate surface area is 60.6 Å². The average molecular weight is 137 g/mol. The van der Waals surface area contributed by atoms with Crippen LogP contribution in [0.4, 0.5) is 0 Å². The van der Waals surface area contributed by atoms with Crippen LogP contribution in [0.3, 0.4) is 0 Å². The van der Waals surface area contributed by atoms with Gasteiger partial charge in [0.15, 0.2) is 0 Å². The first-order chi connectivity index (χ1) is 4.93. The van der Waals surface area contributed by atoms with E-state index in [2.05, 4.69) is 11.9 Å². The van der Waals surface area contributed by atoms with Crippen molar-refractivity contribution in [3.05, 3.63) is 24.2 Å². The van der Waals surface area contributed by atoms with E-state index in [0.717, 1.165) is 18.7 Å². The minimum atomic E-state index is 0.827. The molecular formula is C8H11NO. The first-order valence-electron chi connectivity index (χ1n) is 3.47. The minimum absolute atomic E-state index is 0.827. The zero-order valence-electron chi connectivity index (χ0n) is 6.08. The predicted molar refractivity (Wildman–Crippen MR) is 41.5 cm³/mol. The topological polar surface area (TPSA) is 25.5 Å². The molecule has 2 heteroatoms. The molecule has 0 saturated carbocycles. The van der Waals surface area contributed by atoms with Crippen molar-refractivity contribution in [2.45, 2.75) is 13.3 Å². The maximum absolute atomic E-state index is 5.03. The molecule has 0 N–H and O–H groups in total. The van der Waals surface area contributed by atoms with E-state index in [9.17, 15) is 0 Å². The molecule has 0 saturated heterocycles. The molecule has 0 fully saturated rings. The Hall–Kier alpha value is -1.05. The summed E-state index contributed by atoms with van der Waals surface area (Å²) in [5, 5.41) is 0. The van der Waals surface area contributed by atoms with Gasteiger partial charge in [0.2, 0.25) is 0 Å². The van der Waals surface area contributed by atoms with Crippen molar-refractivity contribution < 1.29 is 4.42 Å². The third-order valence-electron chi connectivity index (χ3n) is 1.11. The van der Waals surface area contributed by atoms with E-state index in [1.807, 2.05) is 12.1 Å². The molecule has 0 aliphatic rings. The molecule has 1 heterocycles. The van der Waals surface area contributed by atoms with Gasteiger partial charge in [-0.15, -0.1) is 0 Å². The highest BCUT2D eigenvalue weighted by atomic mass is 16.3. The van der Waals surface area contributed by atoms with Crippen LogP contribution in [0.25, 0.3) is 0 Å². The van der Waals surface area contributed by atoms with Crippen molar-refractivity contribution in [1.82, 2.24) is 0 Å². The Morgan fingerprint density at radius 2 is 2.60 bits per heavy atom. The molecule has 0 unspecified atom stereocenters. The van der Waals surface area contributed by atoms with Crippen LogP contribution in [0.2, 0.25) is 0 Å². The summed E-state index contributed by atoms with van der Waals surface area (Å²) in [7, 11) is 0. The lowest BCUT2D eigenvalue weighted by Crippen LogP contribution is -1.78. The predicted octanol–water partition coefficient (Wildman–Crippen LogP) is 2.11. The van der Waals surface area contributed by atoms with Crippen LogP contribution in [-0.4, -0.2) is 12.8 Å². The van der Waals surface area contributed by atoms with Gasteiger partial charge in [0.25, 0.3) is 0 Å². The molecule has 0 aliphatic heterocycles. The largest absolute Gasteiger partial charge is 0.463 e. The van der Waals surface area contributed by atoms with Crippen LogP contribution < -0.4 is 0 Å². The first kappa shape index (κ1) is 7.06. The lowest BCUT2D eigenvalue weighted by atomic mass is 10.4. The molecule has 1 rings (SSSR count). The Bertz CT molecular complexity index is 189. The summed E-state index contributed by atoms with van der Waals surface area (Å²) >= 11 is 0. The van der Waals surface area contributed by atoms with Gasteiger partial charge < -0.3 is 4.42 Å². The van der Waals surface area contributed by atoms with Crippen LogP contribution >= 0.6 is 0 Å². The molecule has 1 aromatic heterocycles. The SMILES string of the molecule is CCCN=Cc1ccco1. The quantitative estimate of drug-likeness (QED) is 0.586. The van der Waals surface area contributed by atoms with Crippen LogP contribution in [0.15, 0.2) is 27.8 Å². The van der Waals surface area contributed by atoms with E-state index >= 15 is 0 Å². The van der Waals surface area contributed by atoms with Gasteiger partial charge >= 0.3 is 0 Å². The zero-order chi connectivity index (χ0) is 7.23. The molecule has 0 spiro atoms. The summed E-state index contributed by atoms with van der Waals surface area (Å²) in [5.74, 6) is 0.827. The standard InChI is InChI=1S/C8H11NO/c1-2-5-9-7-8-4-3-6-10-8/h3-4,6-7H,2,5H2,1H3. The minimum Gasteiger partial charge on any atom is -0.463 e. The summed E-state index contributed by atoms with van der Waals surface area (Å²) in [6, 6.07) is 3.74. The van der Waals surface area contributed by atoms with Crippen LogP contribution in [0, 0.1) is 0 Å². The fraction of sp³-hybridized carbons (Fsp3) is 0.375. The van der Waals surface area contributed by atoms with Crippen molar-refractivity contribution in [2.24, 2.45) is 4.99 Å². The summed E-state index contributed by atoms with van der Waals surface area (Å²) in [6.07, 6.45) is 4.48. The summed E-state index contributed by atoms with van der Waals surface area (Å²) in [5.41, 5.74) is 0. The first-order valence-corrected chi connectivity index (χ1v) is 3.47. The molecule has 0 radical (unpaired) electrons. The van der Waals surface area contributed by atoms with Crippen molar-refractivity contribution in [2.75, 3.05) is 6.54 Å². The van der Waals surface area contributed by atoms with E-state index in [-0.39, 0.29) is 0 Å². The number of aliphatic imine (C=N–C) groups is 1. The molecule has 0 aliphatic carbocycles. The van der Waals surface area contributed by atoms with Gasteiger partial charge in [-0.3, -0.25) is 4.99 Å². The van der Waals surface area contributed by atoms with Crippen molar-refractivity contribution in [3.8, 4) is 0 Å². The Morgan fingerprint density at radius 3 is 3.20 bits per heavy atom. The summed E-state index contributed by atoms with van der Waals surface area (Å²) < 4.78 is 5.03. The lowest BCUT2D eigenvalue weighted by Gasteiger charge is -1.83. The Morgan fingerprint density at radius 1 is 1.70 bits per heavy atom. The van der Waals surface area contributed by atoms with Crippen LogP contribution in [0.1, 0.15) is 19.1 Å². The zero-order valence-corrected chi connectivity index (χ0v) is 6.08. The molecule has 0 atom stereocenters. The summed E-state index contributed by atoms with van der Waals surface area (Å²) in [6.45, 7) is 2.97. The van der Waals surface area contributed by atoms with E-state index in [1.165, 1.54) is 0 Å². The fourth-order valence-corrected chi connectivity index (χ4v) is 0.648. The second-order valence-electron chi connectivity index (χ2n) is 2.05.